The van der Waals surface area contributed by atoms with Gasteiger partial charge in [0.1, 0.15) is 23.9 Å². The normalized spacial score (nSPS) is 15.3. The van der Waals surface area contributed by atoms with Crippen LogP contribution in [0.15, 0.2) is 72.2 Å². The monoisotopic (exact) mass is 404 g/mol. The highest BCUT2D eigenvalue weighted by molar-refractivity contribution is 5.92. The van der Waals surface area contributed by atoms with E-state index in [-0.39, 0.29) is 5.97 Å². The Morgan fingerprint density at radius 1 is 1.10 bits per heavy atom. The lowest BCUT2D eigenvalue weighted by molar-refractivity contribution is -0.139. The first kappa shape index (κ1) is 19.7. The molecule has 7 nitrogen and oxygen atoms in total. The fourth-order valence-electron chi connectivity index (χ4n) is 3.59. The van der Waals surface area contributed by atoms with Gasteiger partial charge in [-0.3, -0.25) is 0 Å². The Labute approximate surface area is 175 Å². The van der Waals surface area contributed by atoms with E-state index in [1.54, 1.807) is 11.6 Å². The van der Waals surface area contributed by atoms with E-state index in [0.717, 1.165) is 23.4 Å². The number of carbonyl (C=O) groups excluding carboxylic acids is 1. The zero-order chi connectivity index (χ0) is 20.9. The molecule has 4 rings (SSSR count). The van der Waals surface area contributed by atoms with E-state index in [9.17, 15) is 4.79 Å². The summed E-state index contributed by atoms with van der Waals surface area (Å²) in [4.78, 5) is 17.3. The smallest absolute Gasteiger partial charge is 0.338 e. The summed E-state index contributed by atoms with van der Waals surface area (Å²) >= 11 is 0. The predicted molar refractivity (Wildman–Crippen MR) is 113 cm³/mol. The molecule has 1 aromatic heterocycles. The zero-order valence-electron chi connectivity index (χ0n) is 17.0. The van der Waals surface area contributed by atoms with Gasteiger partial charge < -0.3 is 14.8 Å². The molecule has 2 heterocycles. The molecule has 0 fully saturated rings. The Morgan fingerprint density at radius 2 is 1.90 bits per heavy atom. The van der Waals surface area contributed by atoms with Gasteiger partial charge in [0.25, 0.3) is 0 Å². The van der Waals surface area contributed by atoms with Gasteiger partial charge in [0.2, 0.25) is 5.95 Å². The molecule has 0 bridgehead atoms. The highest BCUT2D eigenvalue weighted by Crippen LogP contribution is 2.38. The lowest BCUT2D eigenvalue weighted by atomic mass is 9.94. The van der Waals surface area contributed by atoms with E-state index >= 15 is 0 Å². The van der Waals surface area contributed by atoms with Crippen molar-refractivity contribution in [2.75, 3.05) is 11.9 Å². The molecule has 3 aromatic rings. The van der Waals surface area contributed by atoms with Gasteiger partial charge in [0.15, 0.2) is 0 Å². The van der Waals surface area contributed by atoms with Crippen molar-refractivity contribution in [1.82, 2.24) is 14.8 Å². The van der Waals surface area contributed by atoms with Gasteiger partial charge >= 0.3 is 5.97 Å². The number of fused-ring (bicyclic) bond motifs is 1. The van der Waals surface area contributed by atoms with Crippen LogP contribution in [-0.4, -0.2) is 27.3 Å². The predicted octanol–water partition coefficient (Wildman–Crippen LogP) is 4.70. The first-order valence-corrected chi connectivity index (χ1v) is 10.1. The van der Waals surface area contributed by atoms with Gasteiger partial charge in [0.05, 0.1) is 12.2 Å². The van der Waals surface area contributed by atoms with Crippen LogP contribution in [0.1, 0.15) is 38.3 Å². The van der Waals surface area contributed by atoms with Crippen LogP contribution in [0.5, 0.6) is 11.5 Å². The number of aromatic nitrogens is 3. The molecule has 1 aliphatic heterocycles. The minimum atomic E-state index is -0.455. The summed E-state index contributed by atoms with van der Waals surface area (Å²) in [6.45, 7) is 4.17. The van der Waals surface area contributed by atoms with Crippen molar-refractivity contribution < 1.29 is 14.3 Å². The second-order valence-electron chi connectivity index (χ2n) is 6.91. The fraction of sp³-hybridized carbons (Fsp3) is 0.261. The van der Waals surface area contributed by atoms with Crippen LogP contribution in [-0.2, 0) is 9.53 Å². The summed E-state index contributed by atoms with van der Waals surface area (Å²) in [5.74, 6) is 1.67. The average Bonchev–Trinajstić information content (AvgIpc) is 3.22. The van der Waals surface area contributed by atoms with Crippen molar-refractivity contribution in [3.63, 3.8) is 0 Å². The number of hydrogen-bond donors (Lipinski definition) is 1. The summed E-state index contributed by atoms with van der Waals surface area (Å²) in [6, 6.07) is 16.8. The minimum Gasteiger partial charge on any atom is -0.463 e. The molecule has 0 spiro atoms. The van der Waals surface area contributed by atoms with Gasteiger partial charge in [-0.25, -0.2) is 9.48 Å². The Morgan fingerprint density at radius 3 is 2.67 bits per heavy atom. The van der Waals surface area contributed by atoms with Gasteiger partial charge in [0, 0.05) is 5.70 Å². The molecule has 154 valence electrons. The fourth-order valence-corrected chi connectivity index (χ4v) is 3.59. The molecule has 1 aliphatic rings. The van der Waals surface area contributed by atoms with Crippen LogP contribution in [0.4, 0.5) is 5.95 Å². The second-order valence-corrected chi connectivity index (χ2v) is 6.91. The Balaban J connectivity index is 1.78. The van der Waals surface area contributed by atoms with E-state index in [1.165, 1.54) is 6.33 Å². The number of ether oxygens (including phenoxy) is 2. The standard InChI is InChI=1S/C23H24N4O3/c1-3-9-19-20(22(28)29-4-2)21(27-23(26-19)24-15-25-27)16-10-8-13-18(14-16)30-17-11-6-5-7-12-17/h5-8,10-15,21H,3-4,9H2,1-2H3,(H,24,25,26). The minimum absolute atomic E-state index is 0.301. The van der Waals surface area contributed by atoms with E-state index in [2.05, 4.69) is 22.3 Å². The number of esters is 1. The van der Waals surface area contributed by atoms with E-state index < -0.39 is 6.04 Å². The van der Waals surface area contributed by atoms with Gasteiger partial charge in [-0.15, -0.1) is 0 Å². The second kappa shape index (κ2) is 8.82. The SMILES string of the molecule is CCCC1=C(C(=O)OCC)C(c2cccc(Oc3ccccc3)c2)n2ncnc2N1. The van der Waals surface area contributed by atoms with Crippen molar-refractivity contribution in [2.24, 2.45) is 0 Å². The average molecular weight is 404 g/mol. The third kappa shape index (κ3) is 3.91. The highest BCUT2D eigenvalue weighted by Gasteiger charge is 2.35. The first-order chi connectivity index (χ1) is 14.7. The number of para-hydroxylation sites is 1. The maximum Gasteiger partial charge on any atom is 0.338 e. The molecule has 0 saturated carbocycles. The number of allylic oxidation sites excluding steroid dienone is 1. The topological polar surface area (TPSA) is 78.3 Å². The third-order valence-corrected chi connectivity index (χ3v) is 4.83. The van der Waals surface area contributed by atoms with Crippen molar-refractivity contribution in [3.05, 3.63) is 77.8 Å². The third-order valence-electron chi connectivity index (χ3n) is 4.83. The maximum absolute atomic E-state index is 13.0. The highest BCUT2D eigenvalue weighted by atomic mass is 16.5. The Hall–Kier alpha value is -3.61. The van der Waals surface area contributed by atoms with Crippen LogP contribution in [0.3, 0.4) is 0 Å². The summed E-state index contributed by atoms with van der Waals surface area (Å²) in [7, 11) is 0. The molecule has 2 aromatic carbocycles. The van der Waals surface area contributed by atoms with Crippen molar-refractivity contribution >= 4 is 11.9 Å². The first-order valence-electron chi connectivity index (χ1n) is 10.1. The molecule has 0 radical (unpaired) electrons. The molecule has 1 unspecified atom stereocenters. The quantitative estimate of drug-likeness (QED) is 0.575. The number of carbonyl (C=O) groups is 1. The Bertz CT molecular complexity index is 1060. The van der Waals surface area contributed by atoms with Crippen LogP contribution in [0.2, 0.25) is 0 Å². The molecule has 0 aliphatic carbocycles. The lowest BCUT2D eigenvalue weighted by Gasteiger charge is -2.29. The molecule has 1 atom stereocenters. The molecular formula is C23H24N4O3. The number of anilines is 1. The van der Waals surface area contributed by atoms with Gasteiger partial charge in [-0.2, -0.15) is 10.1 Å². The van der Waals surface area contributed by atoms with E-state index in [1.807, 2.05) is 54.6 Å². The molecule has 7 heteroatoms. The molecule has 1 N–H and O–H groups in total. The van der Waals surface area contributed by atoms with Crippen molar-refractivity contribution in [2.45, 2.75) is 32.7 Å². The van der Waals surface area contributed by atoms with E-state index in [4.69, 9.17) is 9.47 Å². The van der Waals surface area contributed by atoms with Gasteiger partial charge in [-0.1, -0.05) is 43.7 Å². The Kier molecular flexibility index (Phi) is 5.79. The lowest BCUT2D eigenvalue weighted by Crippen LogP contribution is -2.30. The van der Waals surface area contributed by atoms with Crippen LogP contribution >= 0.6 is 0 Å². The number of nitrogens with zero attached hydrogens (tertiary/aromatic N) is 3. The maximum atomic E-state index is 13.0. The summed E-state index contributed by atoms with van der Waals surface area (Å²) in [6.07, 6.45) is 3.07. The van der Waals surface area contributed by atoms with Gasteiger partial charge in [-0.05, 0) is 43.2 Å². The number of benzene rings is 2. The zero-order valence-corrected chi connectivity index (χ0v) is 17.0. The summed E-state index contributed by atoms with van der Waals surface area (Å²) in [5, 5.41) is 7.63. The largest absolute Gasteiger partial charge is 0.463 e. The molecular weight excluding hydrogens is 380 g/mol. The van der Waals surface area contributed by atoms with Crippen molar-refractivity contribution in [3.8, 4) is 11.5 Å². The number of rotatable bonds is 7. The summed E-state index contributed by atoms with van der Waals surface area (Å²) in [5.41, 5.74) is 2.23. The molecule has 30 heavy (non-hydrogen) atoms. The summed E-state index contributed by atoms with van der Waals surface area (Å²) < 4.78 is 13.1. The number of nitrogens with one attached hydrogen (secondary N) is 1. The number of hydrogen-bond acceptors (Lipinski definition) is 6. The van der Waals surface area contributed by atoms with E-state index in [0.29, 0.717) is 30.3 Å². The van der Waals surface area contributed by atoms with Crippen LogP contribution in [0.25, 0.3) is 0 Å². The molecule has 0 saturated heterocycles. The van der Waals surface area contributed by atoms with Crippen LogP contribution < -0.4 is 10.1 Å². The van der Waals surface area contributed by atoms with Crippen molar-refractivity contribution in [1.29, 1.82) is 0 Å². The molecule has 0 amide bonds. The van der Waals surface area contributed by atoms with Crippen LogP contribution in [0, 0.1) is 0 Å².